The molecule has 1 aromatic rings. The second-order valence-electron chi connectivity index (χ2n) is 9.41. The van der Waals surface area contributed by atoms with Crippen molar-refractivity contribution in [2.75, 3.05) is 26.7 Å². The number of esters is 1. The van der Waals surface area contributed by atoms with E-state index in [-0.39, 0.29) is 29.2 Å². The number of nitrogens with zero attached hydrogens (tertiary/aromatic N) is 2. The summed E-state index contributed by atoms with van der Waals surface area (Å²) in [4.78, 5) is 29.3. The molecule has 2 aliphatic heterocycles. The number of amides is 2. The monoisotopic (exact) mass is 433 g/mol. The number of benzene rings is 1. The second-order valence-corrected chi connectivity index (χ2v) is 9.41. The van der Waals surface area contributed by atoms with Crippen LogP contribution in [0.25, 0.3) is 0 Å². The van der Waals surface area contributed by atoms with Crippen LogP contribution in [0.2, 0.25) is 0 Å². The normalized spacial score (nSPS) is 22.7. The van der Waals surface area contributed by atoms with E-state index in [2.05, 4.69) is 24.1 Å². The van der Waals surface area contributed by atoms with Crippen LogP contribution < -0.4 is 5.32 Å². The number of methoxy groups -OCH3 is 1. The highest BCUT2D eigenvalue weighted by molar-refractivity contribution is 5.83. The van der Waals surface area contributed by atoms with Gasteiger partial charge in [-0.15, -0.1) is 0 Å². The molecule has 2 unspecified atom stereocenters. The van der Waals surface area contributed by atoms with Gasteiger partial charge in [0.05, 0.1) is 7.11 Å². The van der Waals surface area contributed by atoms with Gasteiger partial charge in [0.2, 0.25) is 0 Å². The number of halogens is 1. The summed E-state index contributed by atoms with van der Waals surface area (Å²) in [5.74, 6) is -0.623. The maximum atomic E-state index is 13.5. The lowest BCUT2D eigenvalue weighted by Crippen LogP contribution is -2.64. The van der Waals surface area contributed by atoms with E-state index < -0.39 is 12.0 Å². The first-order valence-electron chi connectivity index (χ1n) is 11.4. The average molecular weight is 434 g/mol. The Hall–Kier alpha value is -2.15. The minimum absolute atomic E-state index is 0.00150. The minimum atomic E-state index is -0.634. The van der Waals surface area contributed by atoms with E-state index in [4.69, 9.17) is 4.74 Å². The fourth-order valence-electron chi connectivity index (χ4n) is 5.06. The van der Waals surface area contributed by atoms with Crippen molar-refractivity contribution >= 4 is 12.0 Å². The lowest BCUT2D eigenvalue weighted by Gasteiger charge is -2.62. The van der Waals surface area contributed by atoms with E-state index in [0.29, 0.717) is 19.1 Å². The number of ether oxygens (including phenoxy) is 1. The molecule has 3 atom stereocenters. The molecule has 0 aromatic heterocycles. The highest BCUT2D eigenvalue weighted by atomic mass is 19.1. The van der Waals surface area contributed by atoms with Gasteiger partial charge in [0, 0.05) is 37.1 Å². The molecule has 1 aromatic carbocycles. The highest BCUT2D eigenvalue weighted by Crippen LogP contribution is 2.55. The third-order valence-electron chi connectivity index (χ3n) is 7.25. The maximum Gasteiger partial charge on any atom is 0.328 e. The Balaban J connectivity index is 1.67. The van der Waals surface area contributed by atoms with Crippen LogP contribution >= 0.6 is 0 Å². The predicted octanol–water partition coefficient (Wildman–Crippen LogP) is 3.97. The van der Waals surface area contributed by atoms with Gasteiger partial charge >= 0.3 is 12.0 Å². The molecular formula is C24H36FN3O3. The van der Waals surface area contributed by atoms with Crippen LogP contribution in [0.3, 0.4) is 0 Å². The van der Waals surface area contributed by atoms with Crippen LogP contribution in [0.5, 0.6) is 0 Å². The maximum absolute atomic E-state index is 13.5. The van der Waals surface area contributed by atoms with Crippen LogP contribution in [0.1, 0.15) is 58.6 Å². The van der Waals surface area contributed by atoms with Gasteiger partial charge in [-0.1, -0.05) is 32.4 Å². The third-order valence-corrected chi connectivity index (χ3v) is 7.25. The SMILES string of the molecule is CC[C@H](C)C(NC(=O)N1CCC2(CC1)CN(C(C)C)C2c1ccc(F)cc1)C(=O)OC. The molecule has 1 spiro atoms. The molecule has 1 N–H and O–H groups in total. The molecule has 3 rings (SSSR count). The zero-order chi connectivity index (χ0) is 22.8. The zero-order valence-corrected chi connectivity index (χ0v) is 19.4. The highest BCUT2D eigenvalue weighted by Gasteiger charge is 2.54. The standard InChI is InChI=1S/C24H36FN3O3/c1-6-17(4)20(22(29)31-5)26-23(30)27-13-11-24(12-14-27)15-28(16(2)3)21(24)18-7-9-19(25)10-8-18/h7-10,16-17,20-21H,6,11-15H2,1-5H3,(H,26,30)/t17-,20?,21?/m0/s1. The number of piperidine rings is 1. The smallest absolute Gasteiger partial charge is 0.328 e. The number of nitrogens with one attached hydrogen (secondary N) is 1. The van der Waals surface area contributed by atoms with Gasteiger partial charge in [-0.05, 0) is 50.3 Å². The third kappa shape index (κ3) is 4.71. The first kappa shape index (κ1) is 23.5. The van der Waals surface area contributed by atoms with Crippen molar-refractivity contribution in [1.82, 2.24) is 15.1 Å². The van der Waals surface area contributed by atoms with Gasteiger partial charge < -0.3 is 15.0 Å². The van der Waals surface area contributed by atoms with E-state index in [1.54, 1.807) is 0 Å². The zero-order valence-electron chi connectivity index (χ0n) is 19.4. The van der Waals surface area contributed by atoms with E-state index >= 15 is 0 Å². The number of hydrogen-bond acceptors (Lipinski definition) is 4. The Morgan fingerprint density at radius 1 is 1.19 bits per heavy atom. The molecule has 172 valence electrons. The van der Waals surface area contributed by atoms with Gasteiger partial charge in [0.15, 0.2) is 0 Å². The number of likely N-dealkylation sites (tertiary alicyclic amines) is 2. The average Bonchev–Trinajstić information content (AvgIpc) is 2.76. The van der Waals surface area contributed by atoms with Crippen molar-refractivity contribution < 1.29 is 18.7 Å². The van der Waals surface area contributed by atoms with Crippen molar-refractivity contribution in [1.29, 1.82) is 0 Å². The Morgan fingerprint density at radius 2 is 1.81 bits per heavy atom. The van der Waals surface area contributed by atoms with Crippen molar-refractivity contribution in [2.45, 2.75) is 65.1 Å². The van der Waals surface area contributed by atoms with Crippen LogP contribution in [-0.4, -0.2) is 60.6 Å². The molecule has 0 saturated carbocycles. The van der Waals surface area contributed by atoms with Crippen LogP contribution in [0.4, 0.5) is 9.18 Å². The first-order valence-corrected chi connectivity index (χ1v) is 11.4. The van der Waals surface area contributed by atoms with Crippen molar-refractivity contribution in [2.24, 2.45) is 11.3 Å². The molecule has 6 nitrogen and oxygen atoms in total. The van der Waals surface area contributed by atoms with Crippen LogP contribution in [-0.2, 0) is 9.53 Å². The summed E-state index contributed by atoms with van der Waals surface area (Å²) in [6, 6.07) is 6.65. The molecule has 2 aliphatic rings. The summed E-state index contributed by atoms with van der Waals surface area (Å²) < 4.78 is 18.4. The van der Waals surface area contributed by atoms with Crippen molar-refractivity contribution in [3.05, 3.63) is 35.6 Å². The molecular weight excluding hydrogens is 397 g/mol. The summed E-state index contributed by atoms with van der Waals surface area (Å²) in [7, 11) is 1.35. The molecule has 0 aliphatic carbocycles. The molecule has 0 radical (unpaired) electrons. The molecule has 7 heteroatoms. The summed E-state index contributed by atoms with van der Waals surface area (Å²) in [5, 5.41) is 2.89. The lowest BCUT2D eigenvalue weighted by atomic mass is 9.62. The summed E-state index contributed by atoms with van der Waals surface area (Å²) in [6.07, 6.45) is 2.54. The number of urea groups is 1. The number of carbonyl (C=O) groups excluding carboxylic acids is 2. The lowest BCUT2D eigenvalue weighted by molar-refractivity contribution is -0.144. The van der Waals surface area contributed by atoms with Crippen molar-refractivity contribution in [3.8, 4) is 0 Å². The minimum Gasteiger partial charge on any atom is -0.467 e. The first-order chi connectivity index (χ1) is 14.7. The van der Waals surface area contributed by atoms with E-state index in [1.165, 1.54) is 19.2 Å². The molecule has 2 amide bonds. The molecule has 0 bridgehead atoms. The quantitative estimate of drug-likeness (QED) is 0.690. The summed E-state index contributed by atoms with van der Waals surface area (Å²) in [5.41, 5.74) is 1.24. The van der Waals surface area contributed by atoms with Gasteiger partial charge in [0.1, 0.15) is 11.9 Å². The number of carbonyl (C=O) groups is 2. The van der Waals surface area contributed by atoms with Gasteiger partial charge in [0.25, 0.3) is 0 Å². The van der Waals surface area contributed by atoms with Crippen molar-refractivity contribution in [3.63, 3.8) is 0 Å². The fourth-order valence-corrected chi connectivity index (χ4v) is 5.06. The van der Waals surface area contributed by atoms with Crippen LogP contribution in [0, 0.1) is 17.2 Å². The Bertz CT molecular complexity index is 775. The topological polar surface area (TPSA) is 61.9 Å². The fraction of sp³-hybridized carbons (Fsp3) is 0.667. The predicted molar refractivity (Wildman–Crippen MR) is 118 cm³/mol. The molecule has 2 fully saturated rings. The Morgan fingerprint density at radius 3 is 2.32 bits per heavy atom. The molecule has 2 saturated heterocycles. The second kappa shape index (κ2) is 9.55. The van der Waals surface area contributed by atoms with E-state index in [1.807, 2.05) is 30.9 Å². The Kier molecular flexibility index (Phi) is 7.24. The van der Waals surface area contributed by atoms with E-state index in [0.717, 1.165) is 31.4 Å². The Labute approximate surface area is 185 Å². The van der Waals surface area contributed by atoms with Crippen LogP contribution in [0.15, 0.2) is 24.3 Å². The summed E-state index contributed by atoms with van der Waals surface area (Å²) >= 11 is 0. The number of hydrogen-bond donors (Lipinski definition) is 1. The molecule has 2 heterocycles. The summed E-state index contributed by atoms with van der Waals surface area (Å²) in [6.45, 7) is 10.6. The van der Waals surface area contributed by atoms with Gasteiger partial charge in [-0.25, -0.2) is 14.0 Å². The van der Waals surface area contributed by atoms with Gasteiger partial charge in [-0.2, -0.15) is 0 Å². The van der Waals surface area contributed by atoms with E-state index in [9.17, 15) is 14.0 Å². The number of rotatable bonds is 6. The van der Waals surface area contributed by atoms with Gasteiger partial charge in [-0.3, -0.25) is 4.90 Å². The largest absolute Gasteiger partial charge is 0.467 e. The molecule has 31 heavy (non-hydrogen) atoms.